The van der Waals surface area contributed by atoms with E-state index in [0.29, 0.717) is 6.42 Å². The SMILES string of the molecule is C/C=C/C=C\CCC1=C[C@H](O)C[C@]1(C)C(=O)OC. The number of esters is 1. The number of carbonyl (C=O) groups excluding carboxylic acids is 1. The van der Waals surface area contributed by atoms with Crippen LogP contribution in [0.4, 0.5) is 0 Å². The molecule has 3 nitrogen and oxygen atoms in total. The number of rotatable bonds is 5. The van der Waals surface area contributed by atoms with Crippen LogP contribution in [0.1, 0.15) is 33.1 Å². The summed E-state index contributed by atoms with van der Waals surface area (Å²) in [6.07, 6.45) is 11.3. The van der Waals surface area contributed by atoms with E-state index in [2.05, 4.69) is 6.08 Å². The molecule has 0 heterocycles. The van der Waals surface area contributed by atoms with Crippen molar-refractivity contribution in [2.24, 2.45) is 5.41 Å². The average Bonchev–Trinajstić information content (AvgIpc) is 2.64. The molecule has 0 saturated heterocycles. The Morgan fingerprint density at radius 2 is 2.33 bits per heavy atom. The van der Waals surface area contributed by atoms with Gasteiger partial charge in [0.2, 0.25) is 0 Å². The van der Waals surface area contributed by atoms with Gasteiger partial charge in [0.15, 0.2) is 0 Å². The summed E-state index contributed by atoms with van der Waals surface area (Å²) >= 11 is 0. The number of hydrogen-bond acceptors (Lipinski definition) is 3. The quantitative estimate of drug-likeness (QED) is 0.463. The molecule has 0 saturated carbocycles. The molecule has 2 atom stereocenters. The summed E-state index contributed by atoms with van der Waals surface area (Å²) in [5.41, 5.74) is 0.315. The van der Waals surface area contributed by atoms with Crippen molar-refractivity contribution in [3.05, 3.63) is 36.0 Å². The molecule has 1 aliphatic carbocycles. The highest BCUT2D eigenvalue weighted by Gasteiger charge is 2.43. The minimum absolute atomic E-state index is 0.261. The number of aliphatic hydroxyl groups is 1. The molecule has 18 heavy (non-hydrogen) atoms. The lowest BCUT2D eigenvalue weighted by molar-refractivity contribution is -0.150. The molecule has 3 heteroatoms. The number of methoxy groups -OCH3 is 1. The fraction of sp³-hybridized carbons (Fsp3) is 0.533. The van der Waals surface area contributed by atoms with Gasteiger partial charge in [-0.15, -0.1) is 0 Å². The summed E-state index contributed by atoms with van der Waals surface area (Å²) in [7, 11) is 1.39. The van der Waals surface area contributed by atoms with Gasteiger partial charge in [-0.3, -0.25) is 4.79 Å². The zero-order valence-electron chi connectivity index (χ0n) is 11.3. The maximum atomic E-state index is 11.8. The standard InChI is InChI=1S/C15H22O3/c1-4-5-6-7-8-9-12-10-13(16)11-15(12,2)14(17)18-3/h4-7,10,13,16H,8-9,11H2,1-3H3/b5-4+,7-6-/t13-,15-/m0/s1. The van der Waals surface area contributed by atoms with E-state index in [1.165, 1.54) is 7.11 Å². The highest BCUT2D eigenvalue weighted by atomic mass is 16.5. The molecular formula is C15H22O3. The Labute approximate surface area is 109 Å². The predicted octanol–water partition coefficient (Wildman–Crippen LogP) is 2.77. The second-order valence-electron chi connectivity index (χ2n) is 4.78. The van der Waals surface area contributed by atoms with Crippen LogP contribution in [0.25, 0.3) is 0 Å². The lowest BCUT2D eigenvalue weighted by Gasteiger charge is -2.24. The maximum Gasteiger partial charge on any atom is 0.315 e. The Hall–Kier alpha value is -1.35. The molecule has 0 amide bonds. The molecule has 1 aliphatic rings. The molecule has 0 aromatic rings. The van der Waals surface area contributed by atoms with Crippen LogP contribution in [0.15, 0.2) is 36.0 Å². The van der Waals surface area contributed by atoms with Gasteiger partial charge >= 0.3 is 5.97 Å². The van der Waals surface area contributed by atoms with Gasteiger partial charge in [-0.2, -0.15) is 0 Å². The van der Waals surface area contributed by atoms with Crippen LogP contribution < -0.4 is 0 Å². The smallest absolute Gasteiger partial charge is 0.315 e. The minimum atomic E-state index is -0.664. The summed E-state index contributed by atoms with van der Waals surface area (Å²) in [4.78, 5) is 11.8. The average molecular weight is 250 g/mol. The molecule has 0 aromatic heterocycles. The minimum Gasteiger partial charge on any atom is -0.468 e. The van der Waals surface area contributed by atoms with Gasteiger partial charge in [-0.05, 0) is 33.1 Å². The number of hydrogen-bond donors (Lipinski definition) is 1. The van der Waals surface area contributed by atoms with E-state index in [1.807, 2.05) is 32.1 Å². The molecule has 0 bridgehead atoms. The molecular weight excluding hydrogens is 228 g/mol. The highest BCUT2D eigenvalue weighted by molar-refractivity contribution is 5.81. The Kier molecular flexibility index (Phi) is 5.35. The van der Waals surface area contributed by atoms with Gasteiger partial charge in [-0.1, -0.05) is 36.0 Å². The summed E-state index contributed by atoms with van der Waals surface area (Å²) < 4.78 is 4.84. The van der Waals surface area contributed by atoms with E-state index in [1.54, 1.807) is 6.08 Å². The van der Waals surface area contributed by atoms with Crippen molar-refractivity contribution in [2.75, 3.05) is 7.11 Å². The number of carbonyl (C=O) groups is 1. The van der Waals surface area contributed by atoms with E-state index in [0.717, 1.165) is 18.4 Å². The Bertz CT molecular complexity index is 379. The van der Waals surface area contributed by atoms with Crippen molar-refractivity contribution < 1.29 is 14.6 Å². The third-order valence-corrected chi connectivity index (χ3v) is 3.38. The van der Waals surface area contributed by atoms with Gasteiger partial charge in [0.1, 0.15) is 0 Å². The van der Waals surface area contributed by atoms with Crippen LogP contribution in [-0.4, -0.2) is 24.3 Å². The maximum absolute atomic E-state index is 11.8. The molecule has 0 unspecified atom stereocenters. The molecule has 1 N–H and O–H groups in total. The van der Waals surface area contributed by atoms with E-state index in [4.69, 9.17) is 4.74 Å². The number of ether oxygens (including phenoxy) is 1. The van der Waals surface area contributed by atoms with Gasteiger partial charge < -0.3 is 9.84 Å². The van der Waals surface area contributed by atoms with Gasteiger partial charge in [0.25, 0.3) is 0 Å². The van der Waals surface area contributed by atoms with E-state index in [9.17, 15) is 9.90 Å². The number of allylic oxidation sites excluding steroid dienone is 4. The monoisotopic (exact) mass is 250 g/mol. The van der Waals surface area contributed by atoms with Crippen LogP contribution in [-0.2, 0) is 9.53 Å². The van der Waals surface area contributed by atoms with Crippen molar-refractivity contribution in [1.82, 2.24) is 0 Å². The van der Waals surface area contributed by atoms with Crippen LogP contribution in [0.3, 0.4) is 0 Å². The topological polar surface area (TPSA) is 46.5 Å². The highest BCUT2D eigenvalue weighted by Crippen LogP contribution is 2.42. The summed E-state index contributed by atoms with van der Waals surface area (Å²) in [6.45, 7) is 3.81. The Balaban J connectivity index is 2.67. The van der Waals surface area contributed by atoms with Crippen molar-refractivity contribution >= 4 is 5.97 Å². The molecule has 1 rings (SSSR count). The predicted molar refractivity (Wildman–Crippen MR) is 72.0 cm³/mol. The molecule has 0 radical (unpaired) electrons. The second-order valence-corrected chi connectivity index (χ2v) is 4.78. The van der Waals surface area contributed by atoms with Gasteiger partial charge in [0, 0.05) is 0 Å². The first kappa shape index (κ1) is 14.7. The van der Waals surface area contributed by atoms with Crippen LogP contribution in [0.5, 0.6) is 0 Å². The Morgan fingerprint density at radius 1 is 1.61 bits per heavy atom. The first-order valence-corrected chi connectivity index (χ1v) is 6.30. The molecule has 0 aliphatic heterocycles. The fourth-order valence-corrected chi connectivity index (χ4v) is 2.35. The van der Waals surface area contributed by atoms with Crippen LogP contribution >= 0.6 is 0 Å². The zero-order chi connectivity index (χ0) is 13.6. The third-order valence-electron chi connectivity index (χ3n) is 3.38. The summed E-state index contributed by atoms with van der Waals surface area (Å²) in [6, 6.07) is 0. The summed E-state index contributed by atoms with van der Waals surface area (Å²) in [5, 5.41) is 9.71. The first-order chi connectivity index (χ1) is 8.54. The van der Waals surface area contributed by atoms with E-state index in [-0.39, 0.29) is 5.97 Å². The van der Waals surface area contributed by atoms with Crippen molar-refractivity contribution in [3.8, 4) is 0 Å². The molecule has 100 valence electrons. The number of aliphatic hydroxyl groups excluding tert-OH is 1. The van der Waals surface area contributed by atoms with E-state index >= 15 is 0 Å². The van der Waals surface area contributed by atoms with Crippen molar-refractivity contribution in [1.29, 1.82) is 0 Å². The first-order valence-electron chi connectivity index (χ1n) is 6.30. The normalized spacial score (nSPS) is 28.0. The zero-order valence-corrected chi connectivity index (χ0v) is 11.3. The van der Waals surface area contributed by atoms with Crippen LogP contribution in [0, 0.1) is 5.41 Å². The van der Waals surface area contributed by atoms with E-state index < -0.39 is 11.5 Å². The van der Waals surface area contributed by atoms with Gasteiger partial charge in [0.05, 0.1) is 18.6 Å². The second kappa shape index (κ2) is 6.55. The molecule has 0 aromatic carbocycles. The molecule has 0 spiro atoms. The lowest BCUT2D eigenvalue weighted by Crippen LogP contribution is -2.30. The third kappa shape index (κ3) is 3.33. The van der Waals surface area contributed by atoms with Crippen molar-refractivity contribution in [2.45, 2.75) is 39.2 Å². The fourth-order valence-electron chi connectivity index (χ4n) is 2.35. The molecule has 0 fully saturated rings. The van der Waals surface area contributed by atoms with Crippen LogP contribution in [0.2, 0.25) is 0 Å². The largest absolute Gasteiger partial charge is 0.468 e. The lowest BCUT2D eigenvalue weighted by atomic mass is 9.81. The van der Waals surface area contributed by atoms with Crippen molar-refractivity contribution in [3.63, 3.8) is 0 Å². The Morgan fingerprint density at radius 3 is 2.94 bits per heavy atom. The van der Waals surface area contributed by atoms with Gasteiger partial charge in [-0.25, -0.2) is 0 Å². The summed E-state index contributed by atoms with van der Waals surface area (Å²) in [5.74, 6) is -0.261.